The van der Waals surface area contributed by atoms with Gasteiger partial charge < -0.3 is 10.2 Å². The minimum Gasteiger partial charge on any atom is -0.382 e. The smallest absolute Gasteiger partial charge is 0.213 e. The second-order valence-corrected chi connectivity index (χ2v) is 7.72. The van der Waals surface area contributed by atoms with Gasteiger partial charge >= 0.3 is 0 Å². The zero-order valence-electron chi connectivity index (χ0n) is 12.7. The van der Waals surface area contributed by atoms with Crippen LogP contribution in [0.1, 0.15) is 25.3 Å². The first-order chi connectivity index (χ1) is 9.83. The highest BCUT2D eigenvalue weighted by atomic mass is 32.2. The van der Waals surface area contributed by atoms with Crippen molar-refractivity contribution >= 4 is 15.7 Å². The molecule has 0 amide bonds. The standard InChI is InChI=1S/C15H25N3O2S/c1-12(14-4-3-9-18(2)10-14)17-15-7-5-13(6-8-15)11-21(16,19)20/h5-8,12,14,17H,3-4,9-11H2,1-2H3,(H2,16,19,20). The molecule has 0 saturated carbocycles. The Kier molecular flexibility index (Phi) is 5.24. The number of primary sulfonamides is 1. The van der Waals surface area contributed by atoms with Gasteiger partial charge in [-0.05, 0) is 57.0 Å². The number of anilines is 1. The van der Waals surface area contributed by atoms with Gasteiger partial charge in [-0.3, -0.25) is 0 Å². The minimum absolute atomic E-state index is 0.115. The monoisotopic (exact) mass is 311 g/mol. The molecule has 2 atom stereocenters. The third-order valence-corrected chi connectivity index (χ3v) is 4.82. The van der Waals surface area contributed by atoms with Crippen molar-refractivity contribution in [3.63, 3.8) is 0 Å². The second kappa shape index (κ2) is 6.77. The van der Waals surface area contributed by atoms with Gasteiger partial charge in [0, 0.05) is 18.3 Å². The van der Waals surface area contributed by atoms with E-state index in [0.29, 0.717) is 17.5 Å². The fraction of sp³-hybridized carbons (Fsp3) is 0.600. The van der Waals surface area contributed by atoms with Crippen LogP contribution in [0.15, 0.2) is 24.3 Å². The Morgan fingerprint density at radius 1 is 1.38 bits per heavy atom. The summed E-state index contributed by atoms with van der Waals surface area (Å²) in [5, 5.41) is 8.56. The fourth-order valence-electron chi connectivity index (χ4n) is 2.92. The molecule has 0 aromatic heterocycles. The van der Waals surface area contributed by atoms with Crippen molar-refractivity contribution in [1.29, 1.82) is 0 Å². The fourth-order valence-corrected chi connectivity index (χ4v) is 3.58. The van der Waals surface area contributed by atoms with Crippen molar-refractivity contribution in [3.05, 3.63) is 29.8 Å². The Labute approximate surface area is 127 Å². The van der Waals surface area contributed by atoms with Crippen LogP contribution in [0.4, 0.5) is 5.69 Å². The second-order valence-electron chi connectivity index (χ2n) is 6.10. The van der Waals surface area contributed by atoms with Gasteiger partial charge in [-0.15, -0.1) is 0 Å². The molecule has 6 heteroatoms. The molecular formula is C15H25N3O2S. The number of piperidine rings is 1. The van der Waals surface area contributed by atoms with Gasteiger partial charge in [0.15, 0.2) is 0 Å². The maximum atomic E-state index is 11.1. The number of nitrogens with two attached hydrogens (primary N) is 1. The van der Waals surface area contributed by atoms with E-state index in [1.807, 2.05) is 24.3 Å². The van der Waals surface area contributed by atoms with E-state index in [0.717, 1.165) is 12.2 Å². The number of likely N-dealkylation sites (tertiary alicyclic amines) is 1. The lowest BCUT2D eigenvalue weighted by Gasteiger charge is -2.34. The van der Waals surface area contributed by atoms with E-state index in [1.165, 1.54) is 19.4 Å². The van der Waals surface area contributed by atoms with Crippen LogP contribution in [0.25, 0.3) is 0 Å². The van der Waals surface area contributed by atoms with Crippen molar-refractivity contribution in [3.8, 4) is 0 Å². The first kappa shape index (κ1) is 16.3. The van der Waals surface area contributed by atoms with Crippen molar-refractivity contribution in [2.24, 2.45) is 11.1 Å². The Morgan fingerprint density at radius 3 is 2.62 bits per heavy atom. The molecule has 5 nitrogen and oxygen atoms in total. The van der Waals surface area contributed by atoms with Gasteiger partial charge in [-0.1, -0.05) is 12.1 Å². The molecule has 0 radical (unpaired) electrons. The first-order valence-corrected chi connectivity index (χ1v) is 9.09. The average molecular weight is 311 g/mol. The maximum absolute atomic E-state index is 11.1. The number of rotatable bonds is 5. The summed E-state index contributed by atoms with van der Waals surface area (Å²) in [4.78, 5) is 2.38. The number of hydrogen-bond acceptors (Lipinski definition) is 4. The van der Waals surface area contributed by atoms with Crippen LogP contribution in [0, 0.1) is 5.92 Å². The Morgan fingerprint density at radius 2 is 2.05 bits per heavy atom. The summed E-state index contributed by atoms with van der Waals surface area (Å²) in [7, 11) is -1.29. The van der Waals surface area contributed by atoms with Crippen LogP contribution in [0.2, 0.25) is 0 Å². The lowest BCUT2D eigenvalue weighted by molar-refractivity contribution is 0.197. The van der Waals surface area contributed by atoms with Crippen LogP contribution in [0.5, 0.6) is 0 Å². The number of hydrogen-bond donors (Lipinski definition) is 2. The lowest BCUT2D eigenvalue weighted by atomic mass is 9.91. The van der Waals surface area contributed by atoms with Gasteiger partial charge in [-0.2, -0.15) is 0 Å². The van der Waals surface area contributed by atoms with Gasteiger partial charge in [0.05, 0.1) is 5.75 Å². The molecule has 1 heterocycles. The summed E-state index contributed by atoms with van der Waals surface area (Å²) in [5.74, 6) is 0.531. The molecule has 2 rings (SSSR count). The third-order valence-electron chi connectivity index (χ3n) is 4.08. The van der Waals surface area contributed by atoms with Gasteiger partial charge in [0.1, 0.15) is 0 Å². The topological polar surface area (TPSA) is 75.4 Å². The number of benzene rings is 1. The van der Waals surface area contributed by atoms with Crippen LogP contribution in [-0.4, -0.2) is 39.5 Å². The summed E-state index contributed by atoms with van der Waals surface area (Å²) < 4.78 is 22.1. The highest BCUT2D eigenvalue weighted by molar-refractivity contribution is 7.88. The van der Waals surface area contributed by atoms with Gasteiger partial charge in [0.2, 0.25) is 10.0 Å². The van der Waals surface area contributed by atoms with E-state index in [4.69, 9.17) is 5.14 Å². The quantitative estimate of drug-likeness (QED) is 0.866. The molecule has 1 aromatic rings. The van der Waals surface area contributed by atoms with Crippen LogP contribution in [0.3, 0.4) is 0 Å². The molecule has 1 fully saturated rings. The molecular weight excluding hydrogens is 286 g/mol. The van der Waals surface area contributed by atoms with Gasteiger partial charge in [0.25, 0.3) is 0 Å². The van der Waals surface area contributed by atoms with E-state index in [9.17, 15) is 8.42 Å². The highest BCUT2D eigenvalue weighted by Crippen LogP contribution is 2.22. The molecule has 1 aliphatic heterocycles. The van der Waals surface area contributed by atoms with E-state index < -0.39 is 10.0 Å². The average Bonchev–Trinajstić information content (AvgIpc) is 2.39. The van der Waals surface area contributed by atoms with Crippen molar-refractivity contribution < 1.29 is 8.42 Å². The van der Waals surface area contributed by atoms with Crippen LogP contribution >= 0.6 is 0 Å². The zero-order chi connectivity index (χ0) is 15.5. The van der Waals surface area contributed by atoms with E-state index in [1.54, 1.807) is 0 Å². The lowest BCUT2D eigenvalue weighted by Crippen LogP contribution is -2.39. The third kappa shape index (κ3) is 5.30. The molecule has 1 aliphatic rings. The van der Waals surface area contributed by atoms with Crippen LogP contribution < -0.4 is 10.5 Å². The maximum Gasteiger partial charge on any atom is 0.213 e. The largest absolute Gasteiger partial charge is 0.382 e. The molecule has 3 N–H and O–H groups in total. The number of nitrogens with zero attached hydrogens (tertiary/aromatic N) is 1. The summed E-state index contributed by atoms with van der Waals surface area (Å²) in [6, 6.07) is 7.86. The zero-order valence-corrected chi connectivity index (χ0v) is 13.6. The SMILES string of the molecule is CC(Nc1ccc(CS(N)(=O)=O)cc1)C1CCCN(C)C1. The molecule has 118 valence electrons. The predicted molar refractivity (Wildman–Crippen MR) is 86.6 cm³/mol. The Bertz CT molecular complexity index is 557. The van der Waals surface area contributed by atoms with E-state index >= 15 is 0 Å². The molecule has 0 bridgehead atoms. The van der Waals surface area contributed by atoms with Gasteiger partial charge in [-0.25, -0.2) is 13.6 Å². The molecule has 2 unspecified atom stereocenters. The van der Waals surface area contributed by atoms with Crippen molar-refractivity contribution in [2.45, 2.75) is 31.6 Å². The Balaban J connectivity index is 1.93. The Hall–Kier alpha value is -1.11. The van der Waals surface area contributed by atoms with Crippen molar-refractivity contribution in [2.75, 3.05) is 25.5 Å². The molecule has 1 aromatic carbocycles. The molecule has 1 saturated heterocycles. The van der Waals surface area contributed by atoms with Crippen LogP contribution in [-0.2, 0) is 15.8 Å². The number of nitrogens with one attached hydrogen (secondary N) is 1. The summed E-state index contributed by atoms with van der Waals surface area (Å²) in [6.07, 6.45) is 2.50. The number of sulfonamides is 1. The molecule has 21 heavy (non-hydrogen) atoms. The normalized spacial score (nSPS) is 22.0. The summed E-state index contributed by atoms with van der Waals surface area (Å²) >= 11 is 0. The van der Waals surface area contributed by atoms with E-state index in [-0.39, 0.29) is 5.75 Å². The first-order valence-electron chi connectivity index (χ1n) is 7.38. The summed E-state index contributed by atoms with van der Waals surface area (Å²) in [5.41, 5.74) is 1.74. The summed E-state index contributed by atoms with van der Waals surface area (Å²) in [6.45, 7) is 4.52. The molecule has 0 spiro atoms. The van der Waals surface area contributed by atoms with Crippen molar-refractivity contribution in [1.82, 2.24) is 4.90 Å². The predicted octanol–water partition coefficient (Wildman–Crippen LogP) is 1.62. The molecule has 0 aliphatic carbocycles. The van der Waals surface area contributed by atoms with E-state index in [2.05, 4.69) is 24.2 Å². The highest BCUT2D eigenvalue weighted by Gasteiger charge is 2.22. The minimum atomic E-state index is -3.46.